The predicted molar refractivity (Wildman–Crippen MR) is 99.0 cm³/mol. The summed E-state index contributed by atoms with van der Waals surface area (Å²) in [4.78, 5) is 11.6. The Morgan fingerprint density at radius 1 is 1.30 bits per heavy atom. The third kappa shape index (κ3) is 3.08. The molecule has 1 aliphatic rings. The van der Waals surface area contributed by atoms with Gasteiger partial charge in [0.05, 0.1) is 11.3 Å². The average molecular weight is 370 g/mol. The molecular formula is C20H20F2N4O. The third-order valence-electron chi connectivity index (χ3n) is 5.30. The van der Waals surface area contributed by atoms with Crippen LogP contribution >= 0.6 is 0 Å². The summed E-state index contributed by atoms with van der Waals surface area (Å²) in [7, 11) is 0. The Hall–Kier alpha value is -2.80. The lowest BCUT2D eigenvalue weighted by Gasteiger charge is -2.35. The smallest absolute Gasteiger partial charge is 0.251 e. The van der Waals surface area contributed by atoms with Gasteiger partial charge in [-0.3, -0.25) is 4.79 Å². The molecule has 7 heteroatoms. The Morgan fingerprint density at radius 2 is 2.11 bits per heavy atom. The van der Waals surface area contributed by atoms with Gasteiger partial charge < -0.3 is 11.1 Å². The molecule has 1 aliphatic heterocycles. The molecule has 0 unspecified atom stereocenters. The number of hydrogen-bond donors (Lipinski definition) is 2. The number of halogens is 2. The first kappa shape index (κ1) is 17.6. The van der Waals surface area contributed by atoms with E-state index in [0.717, 1.165) is 32.0 Å². The van der Waals surface area contributed by atoms with Crippen molar-refractivity contribution in [2.75, 3.05) is 13.1 Å². The number of primary amides is 1. The van der Waals surface area contributed by atoms with E-state index < -0.39 is 11.7 Å². The number of nitrogens with zero attached hydrogens (tertiary/aromatic N) is 2. The van der Waals surface area contributed by atoms with Crippen molar-refractivity contribution in [1.82, 2.24) is 15.1 Å². The van der Waals surface area contributed by atoms with Crippen molar-refractivity contribution >= 4 is 16.8 Å². The average Bonchev–Trinajstić information content (AvgIpc) is 3.05. The second-order valence-corrected chi connectivity index (χ2v) is 7.33. The van der Waals surface area contributed by atoms with Gasteiger partial charge in [-0.25, -0.2) is 13.5 Å². The van der Waals surface area contributed by atoms with Crippen molar-refractivity contribution in [2.24, 2.45) is 5.73 Å². The van der Waals surface area contributed by atoms with Gasteiger partial charge in [-0.15, -0.1) is 0 Å². The van der Waals surface area contributed by atoms with Crippen molar-refractivity contribution in [3.8, 4) is 5.69 Å². The maximum Gasteiger partial charge on any atom is 0.251 e. The van der Waals surface area contributed by atoms with Gasteiger partial charge in [-0.05, 0) is 49.2 Å². The van der Waals surface area contributed by atoms with Gasteiger partial charge in [0.2, 0.25) is 0 Å². The van der Waals surface area contributed by atoms with Gasteiger partial charge in [-0.2, -0.15) is 5.10 Å². The van der Waals surface area contributed by atoms with Crippen molar-refractivity contribution < 1.29 is 13.6 Å². The molecule has 4 rings (SSSR count). The van der Waals surface area contributed by atoms with Gasteiger partial charge in [0.25, 0.3) is 5.91 Å². The highest BCUT2D eigenvalue weighted by atomic mass is 19.1. The molecule has 1 fully saturated rings. The van der Waals surface area contributed by atoms with Crippen LogP contribution in [0.25, 0.3) is 16.6 Å². The standard InChI is InChI=1S/C20H20F2N4O/c1-20(5-2-6-24-11-20)16-4-3-14(9-17(16)22)26-10-12-7-13(21)8-15(19(23)27)18(12)25-26/h3-4,7-10,24H,2,5-6,11H2,1H3,(H2,23,27)/t20-/m0/s1. The van der Waals surface area contributed by atoms with E-state index in [1.807, 2.05) is 0 Å². The maximum atomic E-state index is 14.9. The van der Waals surface area contributed by atoms with E-state index in [0.29, 0.717) is 16.6 Å². The zero-order valence-corrected chi connectivity index (χ0v) is 14.9. The Morgan fingerprint density at radius 3 is 2.78 bits per heavy atom. The van der Waals surface area contributed by atoms with Gasteiger partial charge >= 0.3 is 0 Å². The number of nitrogens with one attached hydrogen (secondary N) is 1. The summed E-state index contributed by atoms with van der Waals surface area (Å²) in [5.41, 5.74) is 6.52. The van der Waals surface area contributed by atoms with Crippen LogP contribution in [0.15, 0.2) is 36.5 Å². The van der Waals surface area contributed by atoms with Crippen LogP contribution in [0.1, 0.15) is 35.7 Å². The van der Waals surface area contributed by atoms with Crippen molar-refractivity contribution in [3.05, 3.63) is 59.3 Å². The lowest BCUT2D eigenvalue weighted by atomic mass is 9.76. The number of carbonyl (C=O) groups excluding carboxylic acids is 1. The van der Waals surface area contributed by atoms with E-state index >= 15 is 0 Å². The molecule has 3 N–H and O–H groups in total. The van der Waals surface area contributed by atoms with Crippen LogP contribution in [-0.4, -0.2) is 28.8 Å². The van der Waals surface area contributed by atoms with E-state index in [4.69, 9.17) is 5.73 Å². The molecule has 27 heavy (non-hydrogen) atoms. The summed E-state index contributed by atoms with van der Waals surface area (Å²) >= 11 is 0. The molecule has 2 heterocycles. The van der Waals surface area contributed by atoms with E-state index in [9.17, 15) is 13.6 Å². The summed E-state index contributed by atoms with van der Waals surface area (Å²) in [5.74, 6) is -1.64. The minimum Gasteiger partial charge on any atom is -0.366 e. The van der Waals surface area contributed by atoms with Gasteiger partial charge in [0.1, 0.15) is 17.2 Å². The molecular weight excluding hydrogens is 350 g/mol. The number of hydrogen-bond acceptors (Lipinski definition) is 3. The number of nitrogens with two attached hydrogens (primary N) is 1. The van der Waals surface area contributed by atoms with Crippen molar-refractivity contribution in [1.29, 1.82) is 0 Å². The van der Waals surface area contributed by atoms with Crippen molar-refractivity contribution in [3.63, 3.8) is 0 Å². The fourth-order valence-corrected chi connectivity index (χ4v) is 3.84. The Balaban J connectivity index is 1.77. The summed E-state index contributed by atoms with van der Waals surface area (Å²) in [6, 6.07) is 7.30. The molecule has 3 aromatic rings. The number of amides is 1. The predicted octanol–water partition coefficient (Wildman–Crippen LogP) is 3.04. The van der Waals surface area contributed by atoms with E-state index in [2.05, 4.69) is 17.3 Å². The topological polar surface area (TPSA) is 72.9 Å². The maximum absolute atomic E-state index is 14.9. The number of piperidine rings is 1. The molecule has 0 aliphatic carbocycles. The molecule has 1 aromatic heterocycles. The molecule has 140 valence electrons. The molecule has 0 bridgehead atoms. The number of carbonyl (C=O) groups is 1. The van der Waals surface area contributed by atoms with Crippen LogP contribution in [0, 0.1) is 11.6 Å². The summed E-state index contributed by atoms with van der Waals surface area (Å²) in [6.45, 7) is 3.74. The molecule has 1 amide bonds. The van der Waals surface area contributed by atoms with Crippen LogP contribution in [0.3, 0.4) is 0 Å². The molecule has 0 saturated carbocycles. The fourth-order valence-electron chi connectivity index (χ4n) is 3.84. The summed E-state index contributed by atoms with van der Waals surface area (Å²) in [5, 5.41) is 8.07. The van der Waals surface area contributed by atoms with Gasteiger partial charge in [0, 0.05) is 23.5 Å². The number of rotatable bonds is 3. The molecule has 0 radical (unpaired) electrons. The van der Waals surface area contributed by atoms with Gasteiger partial charge in [0.15, 0.2) is 0 Å². The zero-order chi connectivity index (χ0) is 19.2. The molecule has 1 atom stereocenters. The Kier molecular flexibility index (Phi) is 4.19. The molecule has 2 aromatic carbocycles. The SMILES string of the molecule is C[C@]1(c2ccc(-n3cc4cc(F)cc(C(N)=O)c4n3)cc2F)CCCNC1. The zero-order valence-electron chi connectivity index (χ0n) is 14.9. The van der Waals surface area contributed by atoms with E-state index in [-0.39, 0.29) is 22.3 Å². The lowest BCUT2D eigenvalue weighted by Crippen LogP contribution is -2.41. The van der Waals surface area contributed by atoms with E-state index in [1.54, 1.807) is 18.3 Å². The molecule has 5 nitrogen and oxygen atoms in total. The Bertz CT molecular complexity index is 1040. The van der Waals surface area contributed by atoms with E-state index in [1.165, 1.54) is 16.8 Å². The molecule has 1 saturated heterocycles. The number of fused-ring (bicyclic) bond motifs is 1. The minimum atomic E-state index is -0.760. The van der Waals surface area contributed by atoms with Crippen LogP contribution in [0.5, 0.6) is 0 Å². The van der Waals surface area contributed by atoms with Crippen LogP contribution < -0.4 is 11.1 Å². The third-order valence-corrected chi connectivity index (χ3v) is 5.30. The highest BCUT2D eigenvalue weighted by molar-refractivity contribution is 6.04. The quantitative estimate of drug-likeness (QED) is 0.744. The summed E-state index contributed by atoms with van der Waals surface area (Å²) in [6.07, 6.45) is 3.48. The first-order chi connectivity index (χ1) is 12.9. The fraction of sp³-hybridized carbons (Fsp3) is 0.300. The number of benzene rings is 2. The normalized spacial score (nSPS) is 20.1. The largest absolute Gasteiger partial charge is 0.366 e. The molecule has 0 spiro atoms. The number of aromatic nitrogens is 2. The minimum absolute atomic E-state index is 0.00151. The second kappa shape index (κ2) is 6.42. The second-order valence-electron chi connectivity index (χ2n) is 7.33. The first-order valence-corrected chi connectivity index (χ1v) is 8.87. The summed E-state index contributed by atoms with van der Waals surface area (Å²) < 4.78 is 30.0. The highest BCUT2D eigenvalue weighted by Crippen LogP contribution is 2.33. The van der Waals surface area contributed by atoms with Crippen LogP contribution in [-0.2, 0) is 5.41 Å². The van der Waals surface area contributed by atoms with Gasteiger partial charge in [-0.1, -0.05) is 13.0 Å². The first-order valence-electron chi connectivity index (χ1n) is 8.87. The van der Waals surface area contributed by atoms with Crippen molar-refractivity contribution in [2.45, 2.75) is 25.2 Å². The Labute approximate surface area is 155 Å². The lowest BCUT2D eigenvalue weighted by molar-refractivity contribution is 0.100. The monoisotopic (exact) mass is 370 g/mol. The van der Waals surface area contributed by atoms with Crippen LogP contribution in [0.2, 0.25) is 0 Å². The van der Waals surface area contributed by atoms with Crippen LogP contribution in [0.4, 0.5) is 8.78 Å². The highest BCUT2D eigenvalue weighted by Gasteiger charge is 2.31.